The van der Waals surface area contributed by atoms with Gasteiger partial charge in [-0.2, -0.15) is 0 Å². The molecule has 0 saturated carbocycles. The molecule has 1 aliphatic rings. The fourth-order valence-corrected chi connectivity index (χ4v) is 3.20. The Morgan fingerprint density at radius 2 is 1.80 bits per heavy atom. The molecule has 1 aliphatic heterocycles. The van der Waals surface area contributed by atoms with Crippen molar-refractivity contribution in [3.63, 3.8) is 0 Å². The lowest BCUT2D eigenvalue weighted by molar-refractivity contribution is 0.0647. The molecule has 0 unspecified atom stereocenters. The van der Waals surface area contributed by atoms with Gasteiger partial charge in [0.1, 0.15) is 0 Å². The number of hydrogen-bond donors (Lipinski definition) is 0. The van der Waals surface area contributed by atoms with Crippen LogP contribution in [0.15, 0.2) is 18.2 Å². The van der Waals surface area contributed by atoms with Gasteiger partial charge in [-0.05, 0) is 37.6 Å². The van der Waals surface area contributed by atoms with Crippen LogP contribution in [0.4, 0.5) is 0 Å². The molecule has 1 heterocycles. The van der Waals surface area contributed by atoms with Crippen molar-refractivity contribution in [1.82, 2.24) is 9.80 Å². The molecule has 1 saturated heterocycles. The minimum Gasteiger partial charge on any atom is -0.339 e. The van der Waals surface area contributed by atoms with Gasteiger partial charge in [0.25, 0.3) is 5.91 Å². The third kappa shape index (κ3) is 3.66. The predicted octanol–water partition coefficient (Wildman–Crippen LogP) is 3.55. The molecule has 0 atom stereocenters. The van der Waals surface area contributed by atoms with Gasteiger partial charge in [-0.25, -0.2) is 0 Å². The highest BCUT2D eigenvalue weighted by Gasteiger charge is 2.25. The second kappa shape index (κ2) is 6.79. The zero-order valence-corrected chi connectivity index (χ0v) is 13.4. The summed E-state index contributed by atoms with van der Waals surface area (Å²) in [6, 6.07) is 5.28. The predicted molar refractivity (Wildman–Crippen MR) is 83.7 cm³/mol. The van der Waals surface area contributed by atoms with Crippen molar-refractivity contribution in [3.05, 3.63) is 33.8 Å². The number of benzene rings is 1. The number of carbonyl (C=O) groups is 1. The third-order valence-corrected chi connectivity index (χ3v) is 4.42. The van der Waals surface area contributed by atoms with Crippen LogP contribution in [-0.2, 0) is 0 Å². The van der Waals surface area contributed by atoms with Gasteiger partial charge in [0.15, 0.2) is 0 Å². The van der Waals surface area contributed by atoms with E-state index in [0.717, 1.165) is 32.5 Å². The number of rotatable bonds is 3. The number of hydrogen-bond acceptors (Lipinski definition) is 2. The maximum Gasteiger partial charge on any atom is 0.253 e. The highest BCUT2D eigenvalue weighted by molar-refractivity contribution is 6.35. The van der Waals surface area contributed by atoms with Gasteiger partial charge >= 0.3 is 0 Å². The first-order valence-corrected chi connectivity index (χ1v) is 7.72. The van der Waals surface area contributed by atoms with Crippen molar-refractivity contribution in [2.45, 2.75) is 25.8 Å². The highest BCUT2D eigenvalue weighted by atomic mass is 35.5. The van der Waals surface area contributed by atoms with E-state index in [-0.39, 0.29) is 5.91 Å². The maximum atomic E-state index is 12.5. The largest absolute Gasteiger partial charge is 0.339 e. The molecule has 20 heavy (non-hydrogen) atoms. The van der Waals surface area contributed by atoms with E-state index in [1.165, 1.54) is 0 Å². The summed E-state index contributed by atoms with van der Waals surface area (Å²) in [5.41, 5.74) is 0.558. The SMILES string of the molecule is CCN1CCC(N(C)C(=O)c2cc(Cl)cc(Cl)c2)CC1. The lowest BCUT2D eigenvalue weighted by atomic mass is 10.0. The molecule has 5 heteroatoms. The first-order valence-electron chi connectivity index (χ1n) is 6.97. The minimum atomic E-state index is -0.00986. The van der Waals surface area contributed by atoms with E-state index in [4.69, 9.17) is 23.2 Å². The number of likely N-dealkylation sites (tertiary alicyclic amines) is 1. The van der Waals surface area contributed by atoms with Gasteiger partial charge in [0, 0.05) is 41.8 Å². The summed E-state index contributed by atoms with van der Waals surface area (Å²) in [6.07, 6.45) is 2.04. The molecule has 110 valence electrons. The molecule has 3 nitrogen and oxygen atoms in total. The van der Waals surface area contributed by atoms with Crippen LogP contribution >= 0.6 is 23.2 Å². The topological polar surface area (TPSA) is 23.6 Å². The number of amides is 1. The monoisotopic (exact) mass is 314 g/mol. The summed E-state index contributed by atoms with van der Waals surface area (Å²) in [5.74, 6) is -0.00986. The van der Waals surface area contributed by atoms with Crippen LogP contribution in [0.5, 0.6) is 0 Å². The molecule has 1 fully saturated rings. The van der Waals surface area contributed by atoms with Crippen molar-refractivity contribution in [1.29, 1.82) is 0 Å². The normalized spacial score (nSPS) is 17.2. The van der Waals surface area contributed by atoms with E-state index in [0.29, 0.717) is 21.7 Å². The van der Waals surface area contributed by atoms with Crippen LogP contribution in [0.1, 0.15) is 30.1 Å². The van der Waals surface area contributed by atoms with E-state index in [9.17, 15) is 4.79 Å². The summed E-state index contributed by atoms with van der Waals surface area (Å²) in [6.45, 7) is 5.35. The zero-order valence-electron chi connectivity index (χ0n) is 11.9. The molecule has 0 aromatic heterocycles. The molecular weight excluding hydrogens is 295 g/mol. The Balaban J connectivity index is 2.05. The van der Waals surface area contributed by atoms with Gasteiger partial charge in [-0.3, -0.25) is 4.79 Å². The van der Waals surface area contributed by atoms with Crippen LogP contribution in [0.2, 0.25) is 10.0 Å². The first kappa shape index (κ1) is 15.6. The van der Waals surface area contributed by atoms with Crippen molar-refractivity contribution in [2.75, 3.05) is 26.7 Å². The molecule has 1 aromatic rings. The van der Waals surface area contributed by atoms with E-state index in [1.807, 2.05) is 11.9 Å². The van der Waals surface area contributed by atoms with Gasteiger partial charge in [-0.1, -0.05) is 30.1 Å². The van der Waals surface area contributed by atoms with E-state index >= 15 is 0 Å². The van der Waals surface area contributed by atoms with Crippen LogP contribution in [0.25, 0.3) is 0 Å². The van der Waals surface area contributed by atoms with Crippen LogP contribution in [0, 0.1) is 0 Å². The Bertz CT molecular complexity index is 465. The first-order chi connectivity index (χ1) is 9.51. The maximum absolute atomic E-state index is 12.5. The second-order valence-corrected chi connectivity index (χ2v) is 6.11. The van der Waals surface area contributed by atoms with Crippen molar-refractivity contribution in [2.24, 2.45) is 0 Å². The number of piperidine rings is 1. The molecule has 1 amide bonds. The quantitative estimate of drug-likeness (QED) is 0.851. The fraction of sp³-hybridized carbons (Fsp3) is 0.533. The summed E-state index contributed by atoms with van der Waals surface area (Å²) in [7, 11) is 1.86. The standard InChI is InChI=1S/C15H20Cl2N2O/c1-3-19-6-4-14(5-7-19)18(2)15(20)11-8-12(16)10-13(17)9-11/h8-10,14H,3-7H2,1-2H3. The van der Waals surface area contributed by atoms with Crippen molar-refractivity contribution >= 4 is 29.1 Å². The van der Waals surface area contributed by atoms with Crippen molar-refractivity contribution < 1.29 is 4.79 Å². The number of carbonyl (C=O) groups excluding carboxylic acids is 1. The summed E-state index contributed by atoms with van der Waals surface area (Å²) < 4.78 is 0. The summed E-state index contributed by atoms with van der Waals surface area (Å²) >= 11 is 11.9. The van der Waals surface area contributed by atoms with Gasteiger partial charge in [-0.15, -0.1) is 0 Å². The molecule has 2 rings (SSSR count). The molecule has 0 bridgehead atoms. The molecule has 0 aliphatic carbocycles. The zero-order chi connectivity index (χ0) is 14.7. The Morgan fingerprint density at radius 1 is 1.25 bits per heavy atom. The van der Waals surface area contributed by atoms with Gasteiger partial charge in [0.05, 0.1) is 0 Å². The average Bonchev–Trinajstić information content (AvgIpc) is 2.45. The summed E-state index contributed by atoms with van der Waals surface area (Å²) in [5, 5.41) is 0.991. The van der Waals surface area contributed by atoms with Crippen LogP contribution in [-0.4, -0.2) is 48.4 Å². The van der Waals surface area contributed by atoms with Gasteiger partial charge < -0.3 is 9.80 Å². The second-order valence-electron chi connectivity index (χ2n) is 5.24. The fourth-order valence-electron chi connectivity index (χ4n) is 2.67. The van der Waals surface area contributed by atoms with Crippen LogP contribution < -0.4 is 0 Å². The number of nitrogens with zero attached hydrogens (tertiary/aromatic N) is 2. The van der Waals surface area contributed by atoms with E-state index in [2.05, 4.69) is 11.8 Å². The Morgan fingerprint density at radius 3 is 2.30 bits per heavy atom. The van der Waals surface area contributed by atoms with E-state index in [1.54, 1.807) is 18.2 Å². The smallest absolute Gasteiger partial charge is 0.253 e. The molecule has 0 radical (unpaired) electrons. The van der Waals surface area contributed by atoms with Crippen LogP contribution in [0.3, 0.4) is 0 Å². The van der Waals surface area contributed by atoms with Gasteiger partial charge in [0.2, 0.25) is 0 Å². The number of halogens is 2. The molecular formula is C15H20Cl2N2O. The Labute approximate surface area is 130 Å². The highest BCUT2D eigenvalue weighted by Crippen LogP contribution is 2.22. The summed E-state index contributed by atoms with van der Waals surface area (Å²) in [4.78, 5) is 16.7. The molecule has 0 N–H and O–H groups in total. The van der Waals surface area contributed by atoms with Crippen molar-refractivity contribution in [3.8, 4) is 0 Å². The average molecular weight is 315 g/mol. The Kier molecular flexibility index (Phi) is 5.30. The molecule has 0 spiro atoms. The minimum absolute atomic E-state index is 0.00986. The lowest BCUT2D eigenvalue weighted by Crippen LogP contribution is -2.45. The third-order valence-electron chi connectivity index (χ3n) is 3.98. The van der Waals surface area contributed by atoms with E-state index < -0.39 is 0 Å². The lowest BCUT2D eigenvalue weighted by Gasteiger charge is -2.36. The molecule has 1 aromatic carbocycles. The Hall–Kier alpha value is -0.770.